The van der Waals surface area contributed by atoms with Crippen molar-refractivity contribution in [3.05, 3.63) is 244 Å². The van der Waals surface area contributed by atoms with Crippen LogP contribution in [0.1, 0.15) is 55.6 Å². The van der Waals surface area contributed by atoms with Crippen molar-refractivity contribution in [2.24, 2.45) is 0 Å². The normalized spacial score (nSPS) is 10.9. The average molecular weight is 1250 g/mol. The number of hydrogen-bond donors (Lipinski definition) is 0. The number of rotatable bonds is 9. The van der Waals surface area contributed by atoms with E-state index >= 15 is 0 Å². The van der Waals surface area contributed by atoms with Crippen LogP contribution < -0.4 is 14.2 Å². The number of nitrogens with zero attached hydrogens (tertiary/aromatic N) is 6. The summed E-state index contributed by atoms with van der Waals surface area (Å²) in [4.78, 5) is 26.0. The van der Waals surface area contributed by atoms with Gasteiger partial charge in [-0.05, 0) is 127 Å². The fourth-order valence-electron chi connectivity index (χ4n) is 10.7. The molecule has 0 saturated carbocycles. The largest absolute Gasteiger partial charge is 3.00 e. The fourth-order valence-corrected chi connectivity index (χ4v) is 10.7. The number of ether oxygens (including phenoxy) is 3. The van der Waals surface area contributed by atoms with Gasteiger partial charge in [-0.3, -0.25) is 15.0 Å². The van der Waals surface area contributed by atoms with Crippen molar-refractivity contribution in [2.75, 3.05) is 7.11 Å². The maximum atomic E-state index is 12.5. The summed E-state index contributed by atoms with van der Waals surface area (Å²) in [6, 6.07) is 52.9. The van der Waals surface area contributed by atoms with Gasteiger partial charge in [0.2, 0.25) is 0 Å². The molecule has 0 aliphatic heterocycles. The van der Waals surface area contributed by atoms with E-state index in [9.17, 15) is 4.79 Å². The van der Waals surface area contributed by atoms with E-state index in [1.807, 2.05) is 105 Å². The number of aromatic nitrogens is 6. The summed E-state index contributed by atoms with van der Waals surface area (Å²) in [6.07, 6.45) is 10.5. The average Bonchev–Trinajstić information content (AvgIpc) is 4.32. The van der Waals surface area contributed by atoms with Crippen LogP contribution in [0.2, 0.25) is 0 Å². The van der Waals surface area contributed by atoms with E-state index in [-0.39, 0.29) is 20.1 Å². The molecular formula is C69H61IrN6O5. The van der Waals surface area contributed by atoms with Crippen LogP contribution in [-0.4, -0.2) is 41.9 Å². The van der Waals surface area contributed by atoms with Gasteiger partial charge >= 0.3 is 26.3 Å². The zero-order valence-electron chi connectivity index (χ0n) is 47.2. The molecule has 4 aromatic heterocycles. The van der Waals surface area contributed by atoms with Gasteiger partial charge in [0.05, 0.1) is 30.3 Å². The van der Waals surface area contributed by atoms with Crippen LogP contribution in [0.4, 0.5) is 4.79 Å². The first-order valence-corrected chi connectivity index (χ1v) is 26.3. The van der Waals surface area contributed by atoms with Crippen LogP contribution in [-0.2, 0) is 20.1 Å². The Morgan fingerprint density at radius 3 is 1.32 bits per heavy atom. The quantitative estimate of drug-likeness (QED) is 0.0798. The maximum absolute atomic E-state index is 12.5. The van der Waals surface area contributed by atoms with Gasteiger partial charge in [-0.2, -0.15) is 0 Å². The molecular weight excluding hydrogens is 1190 g/mol. The molecule has 4 heterocycles. The first-order valence-electron chi connectivity index (χ1n) is 26.3. The van der Waals surface area contributed by atoms with Crippen molar-refractivity contribution in [1.82, 2.24) is 28.7 Å². The molecule has 0 aliphatic rings. The van der Waals surface area contributed by atoms with E-state index in [0.29, 0.717) is 17.1 Å². The van der Waals surface area contributed by atoms with Crippen molar-refractivity contribution in [1.29, 1.82) is 0 Å². The molecule has 0 radical (unpaired) electrons. The van der Waals surface area contributed by atoms with Crippen molar-refractivity contribution in [3.8, 4) is 68.5 Å². The van der Waals surface area contributed by atoms with E-state index in [4.69, 9.17) is 18.6 Å². The molecule has 0 unspecified atom stereocenters. The van der Waals surface area contributed by atoms with Gasteiger partial charge in [0, 0.05) is 76.8 Å². The first-order chi connectivity index (χ1) is 38.6. The number of hydrogen-bond acceptors (Lipinski definition) is 8. The molecule has 0 amide bonds. The Morgan fingerprint density at radius 2 is 0.889 bits per heavy atom. The topological polar surface area (TPSA) is 111 Å². The van der Waals surface area contributed by atoms with Gasteiger partial charge in [0.1, 0.15) is 16.9 Å². The SMILES string of the molecule is COc1c[c-]c(-c2nccn2-c2c(C)cc(C)cc2C)cc1.Cc1cc(C)c(-n2ccnc2-c2[c-]cc(OC(=O)Oc3ccc4c(c3)oc3ccc(C)cc34)cc2)c(C)c1.Cc1cc(C)c(-n2ccnc2-c2[c-]cccc2)c(C)c1.[Ir+3]. The molecule has 0 N–H and O–H groups in total. The molecule has 406 valence electrons. The fraction of sp³-hybridized carbons (Fsp3) is 0.159. The van der Waals surface area contributed by atoms with Crippen LogP contribution >= 0.6 is 0 Å². The molecule has 0 atom stereocenters. The van der Waals surface area contributed by atoms with E-state index in [0.717, 1.165) is 67.5 Å². The van der Waals surface area contributed by atoms with E-state index in [1.54, 1.807) is 37.6 Å². The molecule has 12 rings (SSSR count). The molecule has 12 heteroatoms. The van der Waals surface area contributed by atoms with Gasteiger partial charge < -0.3 is 32.3 Å². The van der Waals surface area contributed by atoms with Crippen LogP contribution in [0.3, 0.4) is 0 Å². The number of imidazole rings is 3. The minimum Gasteiger partial charge on any atom is -0.540 e. The molecule has 11 nitrogen and oxygen atoms in total. The van der Waals surface area contributed by atoms with Crippen LogP contribution in [0, 0.1) is 87.4 Å². The van der Waals surface area contributed by atoms with Crippen molar-refractivity contribution >= 4 is 28.1 Å². The number of benzene rings is 8. The van der Waals surface area contributed by atoms with Gasteiger partial charge in [0.15, 0.2) is 0 Å². The predicted molar refractivity (Wildman–Crippen MR) is 318 cm³/mol. The Bertz CT molecular complexity index is 4120. The van der Waals surface area contributed by atoms with E-state index < -0.39 is 6.16 Å². The number of furan rings is 1. The number of methoxy groups -OCH3 is 1. The molecule has 81 heavy (non-hydrogen) atoms. The second-order valence-electron chi connectivity index (χ2n) is 20.2. The molecule has 0 bridgehead atoms. The Kier molecular flexibility index (Phi) is 17.1. The summed E-state index contributed by atoms with van der Waals surface area (Å²) in [7, 11) is 1.66. The first kappa shape index (κ1) is 56.6. The summed E-state index contributed by atoms with van der Waals surface area (Å²) in [5.41, 5.74) is 19.9. The summed E-state index contributed by atoms with van der Waals surface area (Å²) >= 11 is 0. The third-order valence-electron chi connectivity index (χ3n) is 13.8. The zero-order chi connectivity index (χ0) is 56.2. The van der Waals surface area contributed by atoms with Gasteiger partial charge in [0.25, 0.3) is 0 Å². The number of fused-ring (bicyclic) bond motifs is 3. The Balaban J connectivity index is 0.000000157. The molecule has 8 aromatic carbocycles. The van der Waals surface area contributed by atoms with Gasteiger partial charge in [-0.1, -0.05) is 64.7 Å². The third kappa shape index (κ3) is 12.4. The Labute approximate surface area is 486 Å². The number of carbonyl (C=O) groups is 1. The smallest absolute Gasteiger partial charge is 0.540 e. The Hall–Kier alpha value is -9.09. The van der Waals surface area contributed by atoms with E-state index in [1.165, 1.54) is 61.4 Å². The standard InChI is InChI=1S/C32H25N2O4.C19H19N2O.C18H17N2.Ir/c1-19-5-12-28-27(17-19)26-11-10-25(18-29(26)38-28)37-32(35)36-24-8-6-23(7-9-24)31-33-13-14-34(31)30-21(3)15-20(2)16-22(30)4;1-13-11-14(2)18(15(3)12-13)21-10-9-20-19(21)16-5-7-17(22-4)8-6-16;1-13-11-14(2)17(15(3)12-13)20-10-9-19-18(20)16-7-5-4-6-8-16;/h5-6,8-18H,1-4H3;5,7-12H,1-4H3;4-7,9-12H,1-3H3;/q3*-1;+3. The maximum Gasteiger partial charge on any atom is 3.00 e. The molecule has 0 saturated heterocycles. The molecule has 12 aromatic rings. The predicted octanol–water partition coefficient (Wildman–Crippen LogP) is 16.6. The second kappa shape index (κ2) is 24.5. The molecule has 0 aliphatic carbocycles. The van der Waals surface area contributed by atoms with Crippen LogP contribution in [0.25, 0.3) is 73.2 Å². The molecule has 0 fully saturated rings. The van der Waals surface area contributed by atoms with E-state index in [2.05, 4.69) is 152 Å². The van der Waals surface area contributed by atoms with Crippen molar-refractivity contribution < 1.29 is 43.5 Å². The van der Waals surface area contributed by atoms with Gasteiger partial charge in [-0.25, -0.2) is 4.79 Å². The van der Waals surface area contributed by atoms with Crippen molar-refractivity contribution in [2.45, 2.75) is 69.2 Å². The van der Waals surface area contributed by atoms with Gasteiger partial charge in [-0.15, -0.1) is 95.6 Å². The monoisotopic (exact) mass is 1250 g/mol. The minimum absolute atomic E-state index is 0. The van der Waals surface area contributed by atoms with Crippen LogP contribution in [0.5, 0.6) is 17.2 Å². The number of aryl methyl sites for hydroxylation is 10. The second-order valence-corrected chi connectivity index (χ2v) is 20.2. The number of carbonyl (C=O) groups excluding carboxylic acids is 1. The summed E-state index contributed by atoms with van der Waals surface area (Å²) in [6.45, 7) is 21.1. The summed E-state index contributed by atoms with van der Waals surface area (Å²) in [5, 5.41) is 1.99. The summed E-state index contributed by atoms with van der Waals surface area (Å²) in [5.74, 6) is 4.02. The zero-order valence-corrected chi connectivity index (χ0v) is 49.6. The van der Waals surface area contributed by atoms with Crippen LogP contribution in [0.15, 0.2) is 175 Å². The summed E-state index contributed by atoms with van der Waals surface area (Å²) < 4.78 is 28.2. The van der Waals surface area contributed by atoms with Crippen molar-refractivity contribution in [3.63, 3.8) is 0 Å². The minimum atomic E-state index is -0.843. The third-order valence-corrected chi connectivity index (χ3v) is 13.8. The molecule has 0 spiro atoms. The Morgan fingerprint density at radius 1 is 0.444 bits per heavy atom.